The zero-order chi connectivity index (χ0) is 21.6. The van der Waals surface area contributed by atoms with Gasteiger partial charge in [0.1, 0.15) is 18.0 Å². The summed E-state index contributed by atoms with van der Waals surface area (Å²) in [7, 11) is 0. The highest BCUT2D eigenvalue weighted by Gasteiger charge is 2.56. The van der Waals surface area contributed by atoms with E-state index in [-0.39, 0.29) is 6.04 Å². The number of hydrogen-bond acceptors (Lipinski definition) is 6. The summed E-state index contributed by atoms with van der Waals surface area (Å²) in [5.74, 6) is -0.523. The Morgan fingerprint density at radius 1 is 1.06 bits per heavy atom. The van der Waals surface area contributed by atoms with Gasteiger partial charge in [0.15, 0.2) is 5.69 Å². The van der Waals surface area contributed by atoms with E-state index in [1.165, 1.54) is 0 Å². The molecule has 4 atom stereocenters. The molecule has 0 aromatic heterocycles. The number of amides is 3. The van der Waals surface area contributed by atoms with Gasteiger partial charge in [-0.3, -0.25) is 14.5 Å². The number of benzene rings is 2. The first kappa shape index (κ1) is 19.6. The van der Waals surface area contributed by atoms with Gasteiger partial charge in [-0.05, 0) is 5.56 Å². The van der Waals surface area contributed by atoms with E-state index >= 15 is 0 Å². The summed E-state index contributed by atoms with van der Waals surface area (Å²) in [5, 5.41) is 6.49. The number of nitrogens with two attached hydrogens (primary N) is 2. The molecule has 158 valence electrons. The first-order valence-corrected chi connectivity index (χ1v) is 10.0. The number of nitrogens with zero attached hydrogens (tertiary/aromatic N) is 4. The average molecular weight is 419 g/mol. The SMILES string of the molecule is NC(=O)C1C2=N[N+](C(N)=O)(c3ccccc3)C=C2C2CN1CN2OCc1ccccc1. The number of carbonyl (C=O) groups excluding carboxylic acids is 2. The van der Waals surface area contributed by atoms with Crippen molar-refractivity contribution in [1.29, 1.82) is 0 Å². The molecule has 3 heterocycles. The van der Waals surface area contributed by atoms with E-state index < -0.39 is 22.6 Å². The lowest BCUT2D eigenvalue weighted by Gasteiger charge is -2.28. The monoisotopic (exact) mass is 419 g/mol. The van der Waals surface area contributed by atoms with Gasteiger partial charge in [-0.1, -0.05) is 58.2 Å². The van der Waals surface area contributed by atoms with Gasteiger partial charge in [-0.2, -0.15) is 5.06 Å². The molecule has 0 spiro atoms. The van der Waals surface area contributed by atoms with Gasteiger partial charge in [-0.25, -0.2) is 4.79 Å². The minimum atomic E-state index is -0.754. The normalized spacial score (nSPS) is 29.2. The third-order valence-corrected chi connectivity index (χ3v) is 5.94. The van der Waals surface area contributed by atoms with Crippen LogP contribution in [0.3, 0.4) is 0 Å². The summed E-state index contributed by atoms with van der Waals surface area (Å²) in [6.45, 7) is 1.34. The van der Waals surface area contributed by atoms with Gasteiger partial charge >= 0.3 is 6.03 Å². The molecule has 3 aliphatic heterocycles. The molecule has 0 saturated carbocycles. The number of hydrogen-bond donors (Lipinski definition) is 2. The predicted octanol–water partition coefficient (Wildman–Crippen LogP) is 1.27. The lowest BCUT2D eigenvalue weighted by Crippen LogP contribution is -2.53. The number of carbonyl (C=O) groups is 2. The molecule has 3 aliphatic rings. The zero-order valence-electron chi connectivity index (χ0n) is 16.8. The molecule has 4 N–H and O–H groups in total. The van der Waals surface area contributed by atoms with Crippen LogP contribution in [0, 0.1) is 0 Å². The van der Waals surface area contributed by atoms with Crippen LogP contribution in [0.15, 0.2) is 77.5 Å². The minimum Gasteiger partial charge on any atom is -0.368 e. The lowest BCUT2D eigenvalue weighted by molar-refractivity contribution is -0.176. The van der Waals surface area contributed by atoms with Gasteiger partial charge in [-0.15, -0.1) is 0 Å². The first-order chi connectivity index (χ1) is 15.0. The van der Waals surface area contributed by atoms with Crippen LogP contribution in [-0.4, -0.2) is 52.9 Å². The Hall–Kier alpha value is -3.37. The Morgan fingerprint density at radius 3 is 2.39 bits per heavy atom. The maximum absolute atomic E-state index is 12.6. The Balaban J connectivity index is 1.53. The molecule has 9 nitrogen and oxygen atoms in total. The standard InChI is InChI=1S/C22H22N6O3/c23-21(29)20-19-17(12-28(25-19,22(24)30)16-9-5-2-6-10-16)18-11-26(20)14-27(18)31-13-15-7-3-1-4-8-15/h1-10,12,18,20H,11,13-14H2,(H3-,23,24,29,30)/p+1. The Labute approximate surface area is 179 Å². The second kappa shape index (κ2) is 7.40. The number of primary amides is 2. The van der Waals surface area contributed by atoms with Crippen LogP contribution in [0.25, 0.3) is 0 Å². The third-order valence-electron chi connectivity index (χ3n) is 5.94. The molecule has 2 fully saturated rings. The highest BCUT2D eigenvalue weighted by molar-refractivity contribution is 6.19. The van der Waals surface area contributed by atoms with Crippen LogP contribution in [0.2, 0.25) is 0 Å². The highest BCUT2D eigenvalue weighted by atomic mass is 16.7. The highest BCUT2D eigenvalue weighted by Crippen LogP contribution is 2.39. The van der Waals surface area contributed by atoms with Crippen molar-refractivity contribution in [2.24, 2.45) is 16.6 Å². The van der Waals surface area contributed by atoms with Crippen molar-refractivity contribution in [3.63, 3.8) is 0 Å². The second-order valence-corrected chi connectivity index (χ2v) is 7.84. The van der Waals surface area contributed by atoms with Gasteiger partial charge in [0.2, 0.25) is 5.91 Å². The molecule has 9 heteroatoms. The summed E-state index contributed by atoms with van der Waals surface area (Å²) < 4.78 is -0.536. The molecular formula is C22H23N6O3+. The van der Waals surface area contributed by atoms with Crippen LogP contribution in [0.1, 0.15) is 5.56 Å². The maximum atomic E-state index is 12.6. The Morgan fingerprint density at radius 2 is 1.74 bits per heavy atom. The van der Waals surface area contributed by atoms with Crippen LogP contribution in [-0.2, 0) is 16.2 Å². The maximum Gasteiger partial charge on any atom is 0.450 e. The van der Waals surface area contributed by atoms with Crippen molar-refractivity contribution in [2.75, 3.05) is 13.2 Å². The smallest absolute Gasteiger partial charge is 0.368 e. The molecule has 31 heavy (non-hydrogen) atoms. The summed E-state index contributed by atoms with van der Waals surface area (Å²) in [5.41, 5.74) is 14.4. The molecule has 0 radical (unpaired) electrons. The van der Waals surface area contributed by atoms with Crippen molar-refractivity contribution in [1.82, 2.24) is 14.6 Å². The van der Waals surface area contributed by atoms with Gasteiger partial charge in [0.25, 0.3) is 0 Å². The zero-order valence-corrected chi connectivity index (χ0v) is 16.8. The number of quaternary nitrogens is 1. The van der Waals surface area contributed by atoms with E-state index in [0.717, 1.165) is 11.1 Å². The van der Waals surface area contributed by atoms with Crippen molar-refractivity contribution >= 4 is 23.3 Å². The number of piperidine rings is 1. The second-order valence-electron chi connectivity index (χ2n) is 7.84. The summed E-state index contributed by atoms with van der Waals surface area (Å²) in [6.07, 6.45) is 1.72. The van der Waals surface area contributed by atoms with Gasteiger partial charge in [0.05, 0.1) is 24.9 Å². The average Bonchev–Trinajstić information content (AvgIpc) is 3.35. The van der Waals surface area contributed by atoms with Crippen molar-refractivity contribution in [3.05, 3.63) is 78.0 Å². The number of rotatable bonds is 5. The van der Waals surface area contributed by atoms with Crippen molar-refractivity contribution in [2.45, 2.75) is 18.7 Å². The quantitative estimate of drug-likeness (QED) is 0.709. The Kier molecular flexibility index (Phi) is 4.67. The molecule has 2 bridgehead atoms. The van der Waals surface area contributed by atoms with E-state index in [1.54, 1.807) is 18.3 Å². The van der Waals surface area contributed by atoms with Crippen LogP contribution in [0.5, 0.6) is 0 Å². The fourth-order valence-electron chi connectivity index (χ4n) is 4.46. The molecule has 0 aliphatic carbocycles. The topological polar surface area (TPSA) is 114 Å². The fraction of sp³-hybridized carbons (Fsp3) is 0.227. The number of urea groups is 1. The fourth-order valence-corrected chi connectivity index (χ4v) is 4.46. The molecule has 4 unspecified atom stereocenters. The first-order valence-electron chi connectivity index (χ1n) is 10.0. The summed E-state index contributed by atoms with van der Waals surface area (Å²) in [6, 6.07) is 17.3. The van der Waals surface area contributed by atoms with Crippen LogP contribution < -0.4 is 16.1 Å². The van der Waals surface area contributed by atoms with Crippen molar-refractivity contribution < 1.29 is 14.4 Å². The van der Waals surface area contributed by atoms with E-state index in [9.17, 15) is 9.59 Å². The predicted molar refractivity (Wildman–Crippen MR) is 115 cm³/mol. The molecule has 2 aromatic rings. The van der Waals surface area contributed by atoms with Crippen LogP contribution >= 0.6 is 0 Å². The van der Waals surface area contributed by atoms with E-state index in [0.29, 0.717) is 31.2 Å². The number of hydroxylamine groups is 2. The molecule has 3 amide bonds. The summed E-state index contributed by atoms with van der Waals surface area (Å²) >= 11 is 0. The van der Waals surface area contributed by atoms with Crippen LogP contribution in [0.4, 0.5) is 10.5 Å². The van der Waals surface area contributed by atoms with Crippen molar-refractivity contribution in [3.8, 4) is 0 Å². The largest absolute Gasteiger partial charge is 0.450 e. The van der Waals surface area contributed by atoms with E-state index in [1.807, 2.05) is 58.5 Å². The third kappa shape index (κ3) is 3.15. The molecule has 2 aromatic carbocycles. The number of fused-ring (bicyclic) bond motifs is 4. The minimum absolute atomic E-state index is 0.193. The van der Waals surface area contributed by atoms with E-state index in [2.05, 4.69) is 5.10 Å². The van der Waals surface area contributed by atoms with Gasteiger partial charge in [0, 0.05) is 18.7 Å². The molecule has 5 rings (SSSR count). The molecular weight excluding hydrogens is 396 g/mol. The number of para-hydroxylation sites is 1. The van der Waals surface area contributed by atoms with Gasteiger partial charge < -0.3 is 11.5 Å². The molecule has 2 saturated heterocycles. The lowest BCUT2D eigenvalue weighted by atomic mass is 9.93. The Bertz CT molecular complexity index is 1090. The van der Waals surface area contributed by atoms with E-state index in [4.69, 9.17) is 16.3 Å². The summed E-state index contributed by atoms with van der Waals surface area (Å²) in [4.78, 5) is 33.0.